The van der Waals surface area contributed by atoms with E-state index in [4.69, 9.17) is 5.14 Å². The number of nitrogens with two attached hydrogens (primary N) is 1. The van der Waals surface area contributed by atoms with E-state index in [0.29, 0.717) is 6.54 Å². The standard InChI is InChI=1S/C12H13BrN2O2S2/c1-8-2-4-10(19(14,16)17)6-11(8)15-7-9-3-5-12(13)18-9/h2-6,15H,7H2,1H3,(H2,14,16,17). The summed E-state index contributed by atoms with van der Waals surface area (Å²) in [5.74, 6) is 0. The van der Waals surface area contributed by atoms with Gasteiger partial charge in [-0.05, 0) is 52.7 Å². The van der Waals surface area contributed by atoms with Crippen LogP contribution < -0.4 is 10.5 Å². The SMILES string of the molecule is Cc1ccc(S(N)(=O)=O)cc1NCc1ccc(Br)s1. The van der Waals surface area contributed by atoms with Crippen molar-refractivity contribution < 1.29 is 8.42 Å². The van der Waals surface area contributed by atoms with Crippen LogP contribution in [0.15, 0.2) is 39.0 Å². The van der Waals surface area contributed by atoms with Crippen molar-refractivity contribution >= 4 is 43.0 Å². The molecule has 7 heteroatoms. The van der Waals surface area contributed by atoms with Crippen LogP contribution in [0.2, 0.25) is 0 Å². The van der Waals surface area contributed by atoms with Gasteiger partial charge in [0.25, 0.3) is 0 Å². The van der Waals surface area contributed by atoms with Crippen LogP contribution in [0.1, 0.15) is 10.4 Å². The first-order valence-corrected chi connectivity index (χ1v) is 8.63. The van der Waals surface area contributed by atoms with Crippen LogP contribution in [0.5, 0.6) is 0 Å². The summed E-state index contributed by atoms with van der Waals surface area (Å²) in [6.07, 6.45) is 0. The fourth-order valence-corrected chi connectivity index (χ4v) is 3.56. The third kappa shape index (κ3) is 3.79. The van der Waals surface area contributed by atoms with E-state index in [1.165, 1.54) is 6.07 Å². The van der Waals surface area contributed by atoms with Crippen LogP contribution in [-0.4, -0.2) is 8.42 Å². The Balaban J connectivity index is 2.20. The van der Waals surface area contributed by atoms with Gasteiger partial charge in [0.2, 0.25) is 10.0 Å². The summed E-state index contributed by atoms with van der Waals surface area (Å²) < 4.78 is 23.7. The summed E-state index contributed by atoms with van der Waals surface area (Å²) in [4.78, 5) is 1.28. The van der Waals surface area contributed by atoms with E-state index >= 15 is 0 Å². The van der Waals surface area contributed by atoms with E-state index in [1.54, 1.807) is 23.5 Å². The van der Waals surface area contributed by atoms with Crippen molar-refractivity contribution in [2.45, 2.75) is 18.4 Å². The van der Waals surface area contributed by atoms with Gasteiger partial charge in [0.05, 0.1) is 8.68 Å². The maximum absolute atomic E-state index is 11.3. The average Bonchev–Trinajstić information content (AvgIpc) is 2.72. The number of aryl methyl sites for hydroxylation is 1. The average molecular weight is 361 g/mol. The first-order valence-electron chi connectivity index (χ1n) is 5.48. The van der Waals surface area contributed by atoms with Crippen molar-refractivity contribution in [3.8, 4) is 0 Å². The first-order chi connectivity index (χ1) is 8.86. The Hall–Kier alpha value is -0.890. The van der Waals surface area contributed by atoms with E-state index in [0.717, 1.165) is 19.9 Å². The maximum atomic E-state index is 11.3. The van der Waals surface area contributed by atoms with Crippen LogP contribution >= 0.6 is 27.3 Å². The lowest BCUT2D eigenvalue weighted by molar-refractivity contribution is 0.598. The molecule has 2 aromatic rings. The second-order valence-electron chi connectivity index (χ2n) is 4.08. The van der Waals surface area contributed by atoms with Crippen molar-refractivity contribution in [1.29, 1.82) is 0 Å². The van der Waals surface area contributed by atoms with Crippen LogP contribution in [0, 0.1) is 6.92 Å². The Morgan fingerprint density at radius 1 is 1.32 bits per heavy atom. The highest BCUT2D eigenvalue weighted by molar-refractivity contribution is 9.11. The molecule has 102 valence electrons. The number of anilines is 1. The number of hydrogen-bond acceptors (Lipinski definition) is 4. The minimum atomic E-state index is -3.67. The Labute approximate surface area is 124 Å². The van der Waals surface area contributed by atoms with Crippen LogP contribution in [0.25, 0.3) is 0 Å². The molecule has 0 radical (unpaired) electrons. The molecule has 0 amide bonds. The Kier molecular flexibility index (Phi) is 4.29. The smallest absolute Gasteiger partial charge is 0.238 e. The third-order valence-corrected chi connectivity index (χ3v) is 5.15. The Bertz CT molecular complexity index is 696. The molecule has 3 N–H and O–H groups in total. The number of thiophene rings is 1. The molecule has 0 aliphatic carbocycles. The van der Waals surface area contributed by atoms with Gasteiger partial charge >= 0.3 is 0 Å². The number of hydrogen-bond donors (Lipinski definition) is 2. The van der Waals surface area contributed by atoms with Gasteiger partial charge in [-0.25, -0.2) is 13.6 Å². The molecule has 1 aromatic heterocycles. The van der Waals surface area contributed by atoms with Crippen LogP contribution in [-0.2, 0) is 16.6 Å². The zero-order chi connectivity index (χ0) is 14.0. The molecule has 0 saturated heterocycles. The second kappa shape index (κ2) is 5.62. The number of sulfonamides is 1. The number of nitrogens with one attached hydrogen (secondary N) is 1. The second-order valence-corrected chi connectivity index (χ2v) is 8.19. The monoisotopic (exact) mass is 360 g/mol. The topological polar surface area (TPSA) is 72.2 Å². The Morgan fingerprint density at radius 3 is 2.63 bits per heavy atom. The summed E-state index contributed by atoms with van der Waals surface area (Å²) in [5.41, 5.74) is 1.75. The van der Waals surface area contributed by atoms with Crippen molar-refractivity contribution in [3.05, 3.63) is 44.6 Å². The largest absolute Gasteiger partial charge is 0.380 e. The number of primary sulfonamides is 1. The van der Waals surface area contributed by atoms with Gasteiger partial charge in [-0.15, -0.1) is 11.3 Å². The first kappa shape index (κ1) is 14.5. The molecule has 1 heterocycles. The minimum Gasteiger partial charge on any atom is -0.380 e. The quantitative estimate of drug-likeness (QED) is 0.879. The molecule has 1 aromatic carbocycles. The predicted octanol–water partition coefficient (Wildman–Crippen LogP) is 3.08. The normalized spacial score (nSPS) is 11.5. The molecule has 2 rings (SSSR count). The van der Waals surface area contributed by atoms with E-state index in [1.807, 2.05) is 19.1 Å². The van der Waals surface area contributed by atoms with Gasteiger partial charge in [0, 0.05) is 17.1 Å². The zero-order valence-corrected chi connectivity index (χ0v) is 13.4. The third-order valence-electron chi connectivity index (χ3n) is 2.62. The van der Waals surface area contributed by atoms with Crippen molar-refractivity contribution in [1.82, 2.24) is 0 Å². The molecule has 0 bridgehead atoms. The van der Waals surface area contributed by atoms with Crippen molar-refractivity contribution in [2.24, 2.45) is 5.14 Å². The van der Waals surface area contributed by atoms with Gasteiger partial charge in [-0.1, -0.05) is 6.07 Å². The lowest BCUT2D eigenvalue weighted by Crippen LogP contribution is -2.12. The van der Waals surface area contributed by atoms with Gasteiger partial charge in [-0.2, -0.15) is 0 Å². The maximum Gasteiger partial charge on any atom is 0.238 e. The predicted molar refractivity (Wildman–Crippen MR) is 81.9 cm³/mol. The molecule has 4 nitrogen and oxygen atoms in total. The Morgan fingerprint density at radius 2 is 2.05 bits per heavy atom. The highest BCUT2D eigenvalue weighted by Crippen LogP contribution is 2.24. The number of halogens is 1. The molecule has 0 spiro atoms. The van der Waals surface area contributed by atoms with Crippen molar-refractivity contribution in [3.63, 3.8) is 0 Å². The summed E-state index contributed by atoms with van der Waals surface area (Å²) in [5, 5.41) is 8.35. The minimum absolute atomic E-state index is 0.118. The van der Waals surface area contributed by atoms with Crippen LogP contribution in [0.4, 0.5) is 5.69 Å². The van der Waals surface area contributed by atoms with Crippen molar-refractivity contribution in [2.75, 3.05) is 5.32 Å². The fourth-order valence-electron chi connectivity index (χ4n) is 1.60. The highest BCUT2D eigenvalue weighted by atomic mass is 79.9. The molecular weight excluding hydrogens is 348 g/mol. The highest BCUT2D eigenvalue weighted by Gasteiger charge is 2.10. The zero-order valence-electron chi connectivity index (χ0n) is 10.2. The van der Waals surface area contributed by atoms with Gasteiger partial charge in [0.15, 0.2) is 0 Å². The molecular formula is C12H13BrN2O2S2. The van der Waals surface area contributed by atoms with E-state index in [2.05, 4.69) is 21.2 Å². The fraction of sp³-hybridized carbons (Fsp3) is 0.167. The molecule has 0 fully saturated rings. The van der Waals surface area contributed by atoms with Gasteiger partial charge in [0.1, 0.15) is 0 Å². The van der Waals surface area contributed by atoms with Gasteiger partial charge < -0.3 is 5.32 Å². The summed E-state index contributed by atoms with van der Waals surface area (Å²) in [7, 11) is -3.67. The lowest BCUT2D eigenvalue weighted by atomic mass is 10.2. The molecule has 0 atom stereocenters. The number of rotatable bonds is 4. The summed E-state index contributed by atoms with van der Waals surface area (Å²) in [6, 6.07) is 8.81. The molecule has 0 unspecified atom stereocenters. The number of benzene rings is 1. The molecule has 0 aliphatic heterocycles. The molecule has 0 aliphatic rings. The summed E-state index contributed by atoms with van der Waals surface area (Å²) in [6.45, 7) is 2.56. The van der Waals surface area contributed by atoms with E-state index < -0.39 is 10.0 Å². The van der Waals surface area contributed by atoms with E-state index in [-0.39, 0.29) is 4.90 Å². The molecule has 0 saturated carbocycles. The van der Waals surface area contributed by atoms with Gasteiger partial charge in [-0.3, -0.25) is 0 Å². The molecule has 19 heavy (non-hydrogen) atoms. The van der Waals surface area contributed by atoms with E-state index in [9.17, 15) is 8.42 Å². The summed E-state index contributed by atoms with van der Waals surface area (Å²) >= 11 is 5.04. The lowest BCUT2D eigenvalue weighted by Gasteiger charge is -2.10. The van der Waals surface area contributed by atoms with Crippen LogP contribution in [0.3, 0.4) is 0 Å².